The molecule has 7 heteroatoms. The number of carbonyl (C=O) groups excluding carboxylic acids is 3. The van der Waals surface area contributed by atoms with Gasteiger partial charge in [-0.2, -0.15) is 0 Å². The molecule has 298 valence electrons. The number of amides is 1. The average molecular weight is 720 g/mol. The minimum Gasteiger partial charge on any atom is -0.465 e. The molecule has 51 heavy (non-hydrogen) atoms. The van der Waals surface area contributed by atoms with Gasteiger partial charge >= 0.3 is 18.0 Å². The van der Waals surface area contributed by atoms with Crippen molar-refractivity contribution >= 4 is 18.0 Å². The van der Waals surface area contributed by atoms with E-state index in [1.807, 2.05) is 6.92 Å². The van der Waals surface area contributed by atoms with Crippen molar-refractivity contribution in [3.8, 4) is 11.8 Å². The van der Waals surface area contributed by atoms with E-state index in [1.54, 1.807) is 0 Å². The fourth-order valence-corrected chi connectivity index (χ4v) is 6.11. The summed E-state index contributed by atoms with van der Waals surface area (Å²) in [6.07, 6.45) is 32.6. The van der Waals surface area contributed by atoms with Crippen LogP contribution in [0.25, 0.3) is 0 Å². The van der Waals surface area contributed by atoms with Crippen molar-refractivity contribution < 1.29 is 28.6 Å². The van der Waals surface area contributed by atoms with E-state index in [0.717, 1.165) is 70.6 Å². The molecule has 0 aromatic heterocycles. The lowest BCUT2D eigenvalue weighted by Gasteiger charge is -2.19. The molecular formula is C44H81NO6. The molecule has 1 atom stereocenters. The molecule has 7 nitrogen and oxygen atoms in total. The molecule has 1 N–H and O–H groups in total. The van der Waals surface area contributed by atoms with Gasteiger partial charge in [0.05, 0.1) is 13.2 Å². The topological polar surface area (TPSA) is 90.9 Å². The fourth-order valence-electron chi connectivity index (χ4n) is 6.11. The second-order valence-corrected chi connectivity index (χ2v) is 14.6. The van der Waals surface area contributed by atoms with Crippen molar-refractivity contribution in [1.29, 1.82) is 0 Å². The monoisotopic (exact) mass is 720 g/mol. The third kappa shape index (κ3) is 35.9. The lowest BCUT2D eigenvalue weighted by atomic mass is 10.0. The highest BCUT2D eigenvalue weighted by molar-refractivity contribution is 5.91. The second-order valence-electron chi connectivity index (χ2n) is 14.6. The number of nitrogens with one attached hydrogen (secondary N) is 1. The maximum atomic E-state index is 12.6. The highest BCUT2D eigenvalue weighted by Crippen LogP contribution is 2.18. The molecule has 0 bridgehead atoms. The van der Waals surface area contributed by atoms with Gasteiger partial charge in [0.2, 0.25) is 0 Å². The van der Waals surface area contributed by atoms with E-state index >= 15 is 0 Å². The first-order chi connectivity index (χ1) is 25.0. The molecule has 1 amide bonds. The van der Waals surface area contributed by atoms with Crippen molar-refractivity contribution in [2.24, 2.45) is 5.92 Å². The standard InChI is InChI=1S/C44H81NO6/c1-5-9-12-15-18-19-20-21-22-23-24-25-26-27-30-33-36-45-44(48)50-39-40(8-4)38-49-42(46)37-43(47)51-41(34-31-28-16-13-10-6-2)35-32-29-17-14-11-7-3/h40-41H,5-20,23-39H2,1-4H3,(H,45,48). The van der Waals surface area contributed by atoms with Crippen molar-refractivity contribution in [3.05, 3.63) is 0 Å². The van der Waals surface area contributed by atoms with Gasteiger partial charge in [-0.05, 0) is 51.4 Å². The van der Waals surface area contributed by atoms with Crippen LogP contribution < -0.4 is 5.32 Å². The summed E-state index contributed by atoms with van der Waals surface area (Å²) in [6.45, 7) is 9.53. The van der Waals surface area contributed by atoms with Crippen molar-refractivity contribution in [2.45, 2.75) is 226 Å². The van der Waals surface area contributed by atoms with Crippen molar-refractivity contribution in [3.63, 3.8) is 0 Å². The average Bonchev–Trinajstić information content (AvgIpc) is 3.12. The Hall–Kier alpha value is -2.23. The molecule has 0 radical (unpaired) electrons. The van der Waals surface area contributed by atoms with Gasteiger partial charge in [0.1, 0.15) is 12.5 Å². The number of hydrogen-bond donors (Lipinski definition) is 1. The molecule has 0 fully saturated rings. The number of unbranched alkanes of at least 4 members (excludes halogenated alkanes) is 22. The zero-order chi connectivity index (χ0) is 37.5. The first-order valence-electron chi connectivity index (χ1n) is 21.7. The van der Waals surface area contributed by atoms with E-state index in [0.29, 0.717) is 13.0 Å². The maximum Gasteiger partial charge on any atom is 0.407 e. The molecule has 0 aliphatic rings. The quantitative estimate of drug-likeness (QED) is 0.0228. The molecule has 0 aromatic rings. The Morgan fingerprint density at radius 1 is 0.510 bits per heavy atom. The first kappa shape index (κ1) is 48.8. The predicted molar refractivity (Wildman–Crippen MR) is 213 cm³/mol. The lowest BCUT2D eigenvalue weighted by Crippen LogP contribution is -2.29. The van der Waals surface area contributed by atoms with E-state index in [9.17, 15) is 14.4 Å². The van der Waals surface area contributed by atoms with Gasteiger partial charge in [-0.15, -0.1) is 11.8 Å². The number of hydrogen-bond acceptors (Lipinski definition) is 6. The van der Waals surface area contributed by atoms with E-state index in [2.05, 4.69) is 37.9 Å². The van der Waals surface area contributed by atoms with Gasteiger partial charge in [0, 0.05) is 25.3 Å². The van der Waals surface area contributed by atoms with Gasteiger partial charge in [-0.25, -0.2) is 4.79 Å². The van der Waals surface area contributed by atoms with Crippen LogP contribution in [0.15, 0.2) is 0 Å². The van der Waals surface area contributed by atoms with Gasteiger partial charge < -0.3 is 19.5 Å². The highest BCUT2D eigenvalue weighted by atomic mass is 16.6. The van der Waals surface area contributed by atoms with E-state index in [1.165, 1.54) is 109 Å². The molecule has 0 aromatic carbocycles. The summed E-state index contributed by atoms with van der Waals surface area (Å²) in [5.41, 5.74) is 0. The predicted octanol–water partition coefficient (Wildman–Crippen LogP) is 12.6. The Bertz CT molecular complexity index is 849. The van der Waals surface area contributed by atoms with Crippen LogP contribution >= 0.6 is 0 Å². The summed E-state index contributed by atoms with van der Waals surface area (Å²) in [7, 11) is 0. The molecule has 0 saturated heterocycles. The third-order valence-electron chi connectivity index (χ3n) is 9.63. The Kier molecular flexibility index (Phi) is 37.3. The van der Waals surface area contributed by atoms with Crippen LogP contribution in [0.1, 0.15) is 220 Å². The van der Waals surface area contributed by atoms with Crippen LogP contribution in [-0.2, 0) is 23.8 Å². The maximum absolute atomic E-state index is 12.6. The van der Waals surface area contributed by atoms with Crippen LogP contribution in [-0.4, -0.2) is 43.9 Å². The van der Waals surface area contributed by atoms with E-state index < -0.39 is 18.0 Å². The van der Waals surface area contributed by atoms with Crippen LogP contribution in [0, 0.1) is 17.8 Å². The zero-order valence-electron chi connectivity index (χ0n) is 33.9. The van der Waals surface area contributed by atoms with Crippen molar-refractivity contribution in [2.75, 3.05) is 19.8 Å². The fraction of sp³-hybridized carbons (Fsp3) is 0.886. The largest absolute Gasteiger partial charge is 0.465 e. The third-order valence-corrected chi connectivity index (χ3v) is 9.63. The van der Waals surface area contributed by atoms with Gasteiger partial charge in [0.15, 0.2) is 0 Å². The summed E-state index contributed by atoms with van der Waals surface area (Å²) in [5, 5.41) is 2.83. The van der Waals surface area contributed by atoms with Crippen LogP contribution in [0.5, 0.6) is 0 Å². The molecule has 0 spiro atoms. The minimum absolute atomic E-state index is 0.111. The Balaban J connectivity index is 4.07. The van der Waals surface area contributed by atoms with Crippen LogP contribution in [0.3, 0.4) is 0 Å². The Morgan fingerprint density at radius 2 is 0.941 bits per heavy atom. The number of esters is 2. The first-order valence-corrected chi connectivity index (χ1v) is 21.7. The second kappa shape index (κ2) is 39.0. The summed E-state index contributed by atoms with van der Waals surface area (Å²) < 4.78 is 16.5. The Labute approximate surface area is 315 Å². The van der Waals surface area contributed by atoms with Gasteiger partial charge in [-0.1, -0.05) is 150 Å². The molecule has 0 rings (SSSR count). The minimum atomic E-state index is -0.586. The Morgan fingerprint density at radius 3 is 1.43 bits per heavy atom. The SMILES string of the molecule is CCCCCCCCC#CCCCCCCCCNC(=O)OCC(CC)COC(=O)CC(=O)OC(CCCCCCCC)CCCCCCCC. The summed E-state index contributed by atoms with van der Waals surface area (Å²) in [5.74, 6) is 5.45. The number of alkyl carbamates (subject to hydrolysis) is 1. The number of ether oxygens (including phenoxy) is 3. The summed E-state index contributed by atoms with van der Waals surface area (Å²) >= 11 is 0. The van der Waals surface area contributed by atoms with Gasteiger partial charge in [0.25, 0.3) is 0 Å². The van der Waals surface area contributed by atoms with E-state index in [-0.39, 0.29) is 31.7 Å². The molecule has 0 aliphatic heterocycles. The molecule has 0 aliphatic carbocycles. The normalized spacial score (nSPS) is 11.5. The molecule has 1 unspecified atom stereocenters. The van der Waals surface area contributed by atoms with Crippen molar-refractivity contribution in [1.82, 2.24) is 5.32 Å². The van der Waals surface area contributed by atoms with Crippen LogP contribution in [0.2, 0.25) is 0 Å². The van der Waals surface area contributed by atoms with Gasteiger partial charge in [-0.3, -0.25) is 9.59 Å². The summed E-state index contributed by atoms with van der Waals surface area (Å²) in [4.78, 5) is 37.3. The zero-order valence-corrected chi connectivity index (χ0v) is 33.9. The molecule has 0 heterocycles. The highest BCUT2D eigenvalue weighted by Gasteiger charge is 2.20. The van der Waals surface area contributed by atoms with Crippen LogP contribution in [0.4, 0.5) is 4.79 Å². The lowest BCUT2D eigenvalue weighted by molar-refractivity contribution is -0.159. The molecular weight excluding hydrogens is 638 g/mol. The molecule has 0 saturated carbocycles. The summed E-state index contributed by atoms with van der Waals surface area (Å²) in [6, 6.07) is 0. The van der Waals surface area contributed by atoms with E-state index in [4.69, 9.17) is 14.2 Å². The number of rotatable bonds is 36. The smallest absolute Gasteiger partial charge is 0.407 e. The number of carbonyl (C=O) groups is 3.